The summed E-state index contributed by atoms with van der Waals surface area (Å²) in [7, 11) is 1.66. The van der Waals surface area contributed by atoms with Crippen molar-refractivity contribution in [3.05, 3.63) is 42.5 Å². The third-order valence-corrected chi connectivity index (χ3v) is 4.17. The van der Waals surface area contributed by atoms with E-state index in [2.05, 4.69) is 17.2 Å². The van der Waals surface area contributed by atoms with Gasteiger partial charge in [-0.15, -0.1) is 0 Å². The zero-order valence-electron chi connectivity index (χ0n) is 13.5. The number of hydrogen-bond donors (Lipinski definition) is 2. The van der Waals surface area contributed by atoms with E-state index in [1.807, 2.05) is 12.1 Å². The molecule has 0 radical (unpaired) electrons. The summed E-state index contributed by atoms with van der Waals surface area (Å²) in [5.41, 5.74) is 0.530. The van der Waals surface area contributed by atoms with Crippen molar-refractivity contribution in [3.8, 4) is 5.75 Å². The van der Waals surface area contributed by atoms with Crippen molar-refractivity contribution in [2.24, 2.45) is 5.92 Å². The standard InChI is InChI=1S/C18H24N2O3/c1-3-12-23-16-7-5-4-6-15(16)18(22)20-14-10-8-13(9-11-14)17(21)19-2/h3-7,13-14H,1,8-12H2,2H3,(H,19,21)(H,20,22). The molecular weight excluding hydrogens is 292 g/mol. The Morgan fingerprint density at radius 3 is 2.61 bits per heavy atom. The number of amides is 2. The Bertz CT molecular complexity index is 563. The number of para-hydroxylation sites is 1. The van der Waals surface area contributed by atoms with Crippen LogP contribution in [-0.4, -0.2) is 31.5 Å². The highest BCUT2D eigenvalue weighted by atomic mass is 16.5. The van der Waals surface area contributed by atoms with Gasteiger partial charge in [-0.1, -0.05) is 24.8 Å². The van der Waals surface area contributed by atoms with Crippen LogP contribution < -0.4 is 15.4 Å². The molecule has 0 unspecified atom stereocenters. The monoisotopic (exact) mass is 316 g/mol. The molecule has 1 saturated carbocycles. The molecule has 0 atom stereocenters. The molecule has 1 fully saturated rings. The molecule has 23 heavy (non-hydrogen) atoms. The van der Waals surface area contributed by atoms with Crippen LogP contribution in [0.4, 0.5) is 0 Å². The van der Waals surface area contributed by atoms with Crippen LogP contribution in [0.15, 0.2) is 36.9 Å². The first-order valence-corrected chi connectivity index (χ1v) is 8.01. The van der Waals surface area contributed by atoms with Crippen molar-refractivity contribution in [3.63, 3.8) is 0 Å². The quantitative estimate of drug-likeness (QED) is 0.791. The second-order valence-corrected chi connectivity index (χ2v) is 5.73. The average Bonchev–Trinajstić information content (AvgIpc) is 2.60. The van der Waals surface area contributed by atoms with Crippen molar-refractivity contribution in [1.82, 2.24) is 10.6 Å². The van der Waals surface area contributed by atoms with Gasteiger partial charge in [0.25, 0.3) is 5.91 Å². The fraction of sp³-hybridized carbons (Fsp3) is 0.444. The lowest BCUT2D eigenvalue weighted by Crippen LogP contribution is -2.40. The van der Waals surface area contributed by atoms with E-state index in [1.54, 1.807) is 25.3 Å². The van der Waals surface area contributed by atoms with E-state index in [1.165, 1.54) is 0 Å². The minimum absolute atomic E-state index is 0.0661. The van der Waals surface area contributed by atoms with Gasteiger partial charge in [-0.05, 0) is 37.8 Å². The lowest BCUT2D eigenvalue weighted by atomic mass is 9.85. The zero-order chi connectivity index (χ0) is 16.7. The van der Waals surface area contributed by atoms with Crippen LogP contribution in [0.2, 0.25) is 0 Å². The van der Waals surface area contributed by atoms with Crippen LogP contribution in [0.5, 0.6) is 5.75 Å². The topological polar surface area (TPSA) is 67.4 Å². The molecule has 5 nitrogen and oxygen atoms in total. The number of carbonyl (C=O) groups is 2. The van der Waals surface area contributed by atoms with E-state index < -0.39 is 0 Å². The van der Waals surface area contributed by atoms with Crippen molar-refractivity contribution in [2.75, 3.05) is 13.7 Å². The van der Waals surface area contributed by atoms with Gasteiger partial charge in [-0.2, -0.15) is 0 Å². The van der Waals surface area contributed by atoms with Crippen LogP contribution in [0.3, 0.4) is 0 Å². The SMILES string of the molecule is C=CCOc1ccccc1C(=O)NC1CCC(C(=O)NC)CC1. The Morgan fingerprint density at radius 2 is 1.96 bits per heavy atom. The maximum absolute atomic E-state index is 12.5. The third-order valence-electron chi connectivity index (χ3n) is 4.17. The van der Waals surface area contributed by atoms with Gasteiger partial charge < -0.3 is 15.4 Å². The zero-order valence-corrected chi connectivity index (χ0v) is 13.5. The summed E-state index contributed by atoms with van der Waals surface area (Å²) in [5.74, 6) is 0.589. The molecule has 0 aromatic heterocycles. The van der Waals surface area contributed by atoms with Gasteiger partial charge >= 0.3 is 0 Å². The highest BCUT2D eigenvalue weighted by molar-refractivity contribution is 5.97. The van der Waals surface area contributed by atoms with E-state index in [0.29, 0.717) is 17.9 Å². The molecule has 2 rings (SSSR count). The highest BCUT2D eigenvalue weighted by Crippen LogP contribution is 2.25. The molecule has 1 aliphatic rings. The van der Waals surface area contributed by atoms with Crippen LogP contribution in [-0.2, 0) is 4.79 Å². The molecule has 124 valence electrons. The molecule has 0 spiro atoms. The highest BCUT2D eigenvalue weighted by Gasteiger charge is 2.27. The Hall–Kier alpha value is -2.30. The molecule has 2 N–H and O–H groups in total. The Labute approximate surface area is 137 Å². The van der Waals surface area contributed by atoms with E-state index in [9.17, 15) is 9.59 Å². The number of benzene rings is 1. The van der Waals surface area contributed by atoms with E-state index in [4.69, 9.17) is 4.74 Å². The van der Waals surface area contributed by atoms with E-state index in [0.717, 1.165) is 25.7 Å². The summed E-state index contributed by atoms with van der Waals surface area (Å²) < 4.78 is 5.53. The summed E-state index contributed by atoms with van der Waals surface area (Å²) in [4.78, 5) is 24.1. The normalized spacial score (nSPS) is 20.4. The maximum atomic E-state index is 12.5. The minimum atomic E-state index is -0.131. The molecule has 1 aromatic carbocycles. The molecule has 1 aliphatic carbocycles. The van der Waals surface area contributed by atoms with Crippen molar-refractivity contribution in [1.29, 1.82) is 0 Å². The Balaban J connectivity index is 1.93. The number of nitrogens with one attached hydrogen (secondary N) is 2. The lowest BCUT2D eigenvalue weighted by molar-refractivity contribution is -0.125. The molecule has 1 aromatic rings. The van der Waals surface area contributed by atoms with Crippen LogP contribution in [0, 0.1) is 5.92 Å². The van der Waals surface area contributed by atoms with Gasteiger partial charge in [0.05, 0.1) is 5.56 Å². The largest absolute Gasteiger partial charge is 0.489 e. The summed E-state index contributed by atoms with van der Waals surface area (Å²) in [6.07, 6.45) is 4.90. The fourth-order valence-corrected chi connectivity index (χ4v) is 2.90. The molecule has 0 bridgehead atoms. The Kier molecular flexibility index (Phi) is 6.20. The first-order valence-electron chi connectivity index (χ1n) is 8.01. The second-order valence-electron chi connectivity index (χ2n) is 5.73. The van der Waals surface area contributed by atoms with Gasteiger partial charge in [0.15, 0.2) is 0 Å². The first kappa shape index (κ1) is 17.1. The predicted octanol–water partition coefficient (Wildman–Crippen LogP) is 2.29. The average molecular weight is 316 g/mol. The molecule has 5 heteroatoms. The molecule has 2 amide bonds. The van der Waals surface area contributed by atoms with Crippen molar-refractivity contribution in [2.45, 2.75) is 31.7 Å². The number of hydrogen-bond acceptors (Lipinski definition) is 3. The van der Waals surface area contributed by atoms with E-state index >= 15 is 0 Å². The smallest absolute Gasteiger partial charge is 0.255 e. The second kappa shape index (κ2) is 8.36. The molecular formula is C18H24N2O3. The molecule has 0 aliphatic heterocycles. The summed E-state index contributed by atoms with van der Waals surface area (Å²) in [6, 6.07) is 7.29. The van der Waals surface area contributed by atoms with E-state index in [-0.39, 0.29) is 23.8 Å². The van der Waals surface area contributed by atoms with Crippen molar-refractivity contribution < 1.29 is 14.3 Å². The number of ether oxygens (including phenoxy) is 1. The predicted molar refractivity (Wildman–Crippen MR) is 89.4 cm³/mol. The number of rotatable bonds is 6. The van der Waals surface area contributed by atoms with Crippen LogP contribution >= 0.6 is 0 Å². The fourth-order valence-electron chi connectivity index (χ4n) is 2.90. The van der Waals surface area contributed by atoms with Crippen LogP contribution in [0.25, 0.3) is 0 Å². The van der Waals surface area contributed by atoms with Gasteiger partial charge in [-0.25, -0.2) is 0 Å². The van der Waals surface area contributed by atoms with Gasteiger partial charge in [0.1, 0.15) is 12.4 Å². The minimum Gasteiger partial charge on any atom is -0.489 e. The van der Waals surface area contributed by atoms with Gasteiger partial charge in [-0.3, -0.25) is 9.59 Å². The van der Waals surface area contributed by atoms with Gasteiger partial charge in [0, 0.05) is 19.0 Å². The van der Waals surface area contributed by atoms with Crippen molar-refractivity contribution >= 4 is 11.8 Å². The Morgan fingerprint density at radius 1 is 1.26 bits per heavy atom. The summed E-state index contributed by atoms with van der Waals surface area (Å²) in [6.45, 7) is 3.98. The van der Waals surface area contributed by atoms with Gasteiger partial charge in [0.2, 0.25) is 5.91 Å². The van der Waals surface area contributed by atoms with Crippen LogP contribution in [0.1, 0.15) is 36.0 Å². The first-order chi connectivity index (χ1) is 11.2. The number of carbonyl (C=O) groups excluding carboxylic acids is 2. The molecule has 0 heterocycles. The lowest BCUT2D eigenvalue weighted by Gasteiger charge is -2.28. The maximum Gasteiger partial charge on any atom is 0.255 e. The summed E-state index contributed by atoms with van der Waals surface area (Å²) >= 11 is 0. The molecule has 0 saturated heterocycles. The third kappa shape index (κ3) is 4.58. The summed E-state index contributed by atoms with van der Waals surface area (Å²) in [5, 5.41) is 5.75.